The normalized spacial score (nSPS) is 11.2. The van der Waals surface area contributed by atoms with Crippen LogP contribution in [0.3, 0.4) is 0 Å². The molecule has 0 fully saturated rings. The highest BCUT2D eigenvalue weighted by molar-refractivity contribution is 5.65. The van der Waals surface area contributed by atoms with E-state index in [4.69, 9.17) is 0 Å². The Morgan fingerprint density at radius 1 is 1.14 bits per heavy atom. The van der Waals surface area contributed by atoms with Gasteiger partial charge >= 0.3 is 0 Å². The molecule has 0 aliphatic rings. The van der Waals surface area contributed by atoms with Gasteiger partial charge in [-0.2, -0.15) is 15.3 Å². The zero-order valence-corrected chi connectivity index (χ0v) is 12.0. The number of hydrogen-bond acceptors (Lipinski definition) is 5. The van der Waals surface area contributed by atoms with Crippen molar-refractivity contribution in [1.29, 1.82) is 0 Å². The molecule has 22 heavy (non-hydrogen) atoms. The molecule has 0 spiro atoms. The van der Waals surface area contributed by atoms with Crippen molar-refractivity contribution in [3.05, 3.63) is 30.7 Å². The molecular formula is C13H13N9. The number of H-pyrrole nitrogens is 2. The van der Waals surface area contributed by atoms with E-state index < -0.39 is 0 Å². The predicted molar refractivity (Wildman–Crippen MR) is 78.4 cm³/mol. The second-order valence-electron chi connectivity index (χ2n) is 4.92. The van der Waals surface area contributed by atoms with Gasteiger partial charge in [-0.05, 0) is 12.1 Å². The number of aromatic amines is 2. The van der Waals surface area contributed by atoms with Crippen molar-refractivity contribution in [2.24, 2.45) is 14.1 Å². The van der Waals surface area contributed by atoms with Gasteiger partial charge in [0.25, 0.3) is 0 Å². The van der Waals surface area contributed by atoms with E-state index >= 15 is 0 Å². The summed E-state index contributed by atoms with van der Waals surface area (Å²) in [4.78, 5) is 4.52. The Hall–Kier alpha value is -3.23. The third kappa shape index (κ3) is 1.99. The maximum Gasteiger partial charge on any atom is 0.199 e. The zero-order chi connectivity index (χ0) is 15.1. The molecule has 9 nitrogen and oxygen atoms in total. The van der Waals surface area contributed by atoms with Gasteiger partial charge in [-0.3, -0.25) is 14.9 Å². The lowest BCUT2D eigenvalue weighted by Crippen LogP contribution is -1.94. The van der Waals surface area contributed by atoms with Gasteiger partial charge in [0.05, 0.1) is 11.9 Å². The second kappa shape index (κ2) is 4.65. The fraction of sp³-hybridized carbons (Fsp3) is 0.154. The molecule has 0 bridgehead atoms. The largest absolute Gasteiger partial charge is 0.275 e. The molecule has 2 N–H and O–H groups in total. The molecule has 4 heterocycles. The number of hydrogen-bond donors (Lipinski definition) is 2. The molecular weight excluding hydrogens is 282 g/mol. The lowest BCUT2D eigenvalue weighted by Gasteiger charge is -1.93. The van der Waals surface area contributed by atoms with Crippen molar-refractivity contribution >= 4 is 0 Å². The summed E-state index contributed by atoms with van der Waals surface area (Å²) in [5, 5.41) is 22.6. The highest BCUT2D eigenvalue weighted by Gasteiger charge is 2.15. The Balaban J connectivity index is 1.72. The highest BCUT2D eigenvalue weighted by atomic mass is 15.4. The van der Waals surface area contributed by atoms with Crippen molar-refractivity contribution in [3.63, 3.8) is 0 Å². The van der Waals surface area contributed by atoms with Crippen LogP contribution in [0, 0.1) is 0 Å². The van der Waals surface area contributed by atoms with Gasteiger partial charge in [-0.15, -0.1) is 5.10 Å². The molecule has 9 heteroatoms. The second-order valence-corrected chi connectivity index (χ2v) is 4.92. The molecule has 0 saturated heterocycles. The quantitative estimate of drug-likeness (QED) is 0.586. The van der Waals surface area contributed by atoms with Gasteiger partial charge in [-0.1, -0.05) is 0 Å². The standard InChI is InChI=1S/C13H13N9/c1-21-7-8(6-15-21)10-5-11(19-18-10)13-16-12(20-22(13)2)9-3-4-14-17-9/h3-7H,1-2H3,(H,14,17)(H,18,19). The summed E-state index contributed by atoms with van der Waals surface area (Å²) in [5.41, 5.74) is 3.32. The van der Waals surface area contributed by atoms with E-state index in [9.17, 15) is 0 Å². The van der Waals surface area contributed by atoms with Crippen molar-refractivity contribution in [2.75, 3.05) is 0 Å². The summed E-state index contributed by atoms with van der Waals surface area (Å²) in [6, 6.07) is 3.75. The monoisotopic (exact) mass is 295 g/mol. The molecule has 0 aromatic carbocycles. The molecule has 4 rings (SSSR count). The average molecular weight is 295 g/mol. The van der Waals surface area contributed by atoms with Gasteiger partial charge in [0.2, 0.25) is 0 Å². The van der Waals surface area contributed by atoms with E-state index in [0.717, 1.165) is 22.6 Å². The third-order valence-corrected chi connectivity index (χ3v) is 3.32. The average Bonchev–Trinajstić information content (AvgIpc) is 3.24. The summed E-state index contributed by atoms with van der Waals surface area (Å²) < 4.78 is 3.44. The predicted octanol–water partition coefficient (Wildman–Crippen LogP) is 0.996. The Kier molecular flexibility index (Phi) is 2.65. The van der Waals surface area contributed by atoms with Crippen LogP contribution in [0.4, 0.5) is 0 Å². The molecule has 0 unspecified atom stereocenters. The van der Waals surface area contributed by atoms with Gasteiger partial charge < -0.3 is 0 Å². The molecule has 0 amide bonds. The Morgan fingerprint density at radius 2 is 2.05 bits per heavy atom. The van der Waals surface area contributed by atoms with Crippen LogP contribution >= 0.6 is 0 Å². The van der Waals surface area contributed by atoms with Crippen LogP contribution in [0.15, 0.2) is 30.7 Å². The Morgan fingerprint density at radius 3 is 2.77 bits per heavy atom. The van der Waals surface area contributed by atoms with E-state index in [1.54, 1.807) is 21.8 Å². The maximum atomic E-state index is 4.52. The van der Waals surface area contributed by atoms with E-state index in [2.05, 4.69) is 35.6 Å². The minimum absolute atomic E-state index is 0.590. The summed E-state index contributed by atoms with van der Waals surface area (Å²) in [6.07, 6.45) is 5.35. The smallest absolute Gasteiger partial charge is 0.199 e. The fourth-order valence-corrected chi connectivity index (χ4v) is 2.25. The first-order chi connectivity index (χ1) is 10.7. The minimum Gasteiger partial charge on any atom is -0.275 e. The first-order valence-electron chi connectivity index (χ1n) is 6.66. The lowest BCUT2D eigenvalue weighted by molar-refractivity contribution is 0.768. The summed E-state index contributed by atoms with van der Waals surface area (Å²) in [6.45, 7) is 0. The third-order valence-electron chi connectivity index (χ3n) is 3.32. The summed E-state index contributed by atoms with van der Waals surface area (Å²) in [7, 11) is 3.71. The van der Waals surface area contributed by atoms with Crippen LogP contribution in [0.5, 0.6) is 0 Å². The molecule has 0 aliphatic carbocycles. The van der Waals surface area contributed by atoms with Crippen LogP contribution in [-0.2, 0) is 14.1 Å². The molecule has 110 valence electrons. The topological polar surface area (TPSA) is 106 Å². The summed E-state index contributed by atoms with van der Waals surface area (Å²) >= 11 is 0. The van der Waals surface area contributed by atoms with Crippen LogP contribution in [-0.4, -0.2) is 44.9 Å². The van der Waals surface area contributed by atoms with Crippen molar-refractivity contribution in [2.45, 2.75) is 0 Å². The molecule has 0 radical (unpaired) electrons. The van der Waals surface area contributed by atoms with Crippen molar-refractivity contribution < 1.29 is 0 Å². The SMILES string of the molecule is Cn1cc(-c2cc(-c3nc(-c4ccn[nH]4)nn3C)[nH]n2)cn1. The van der Waals surface area contributed by atoms with Gasteiger partial charge in [0.15, 0.2) is 11.6 Å². The van der Waals surface area contributed by atoms with E-state index in [1.165, 1.54) is 0 Å². The maximum absolute atomic E-state index is 4.52. The number of nitrogens with zero attached hydrogens (tertiary/aromatic N) is 7. The van der Waals surface area contributed by atoms with Crippen LogP contribution in [0.25, 0.3) is 34.3 Å². The van der Waals surface area contributed by atoms with E-state index in [-0.39, 0.29) is 0 Å². The minimum atomic E-state index is 0.590. The highest BCUT2D eigenvalue weighted by Crippen LogP contribution is 2.23. The molecule has 0 atom stereocenters. The number of aromatic nitrogens is 9. The van der Waals surface area contributed by atoms with E-state index in [1.807, 2.05) is 32.4 Å². The van der Waals surface area contributed by atoms with E-state index in [0.29, 0.717) is 11.6 Å². The van der Waals surface area contributed by atoms with Crippen molar-refractivity contribution in [1.82, 2.24) is 44.9 Å². The zero-order valence-electron chi connectivity index (χ0n) is 12.0. The first kappa shape index (κ1) is 12.5. The molecule has 4 aromatic heterocycles. The van der Waals surface area contributed by atoms with Crippen LogP contribution < -0.4 is 0 Å². The van der Waals surface area contributed by atoms with Crippen LogP contribution in [0.2, 0.25) is 0 Å². The Labute approximate surface area is 125 Å². The molecule has 4 aromatic rings. The number of rotatable bonds is 3. The molecule has 0 aliphatic heterocycles. The summed E-state index contributed by atoms with van der Waals surface area (Å²) in [5.74, 6) is 1.29. The van der Waals surface area contributed by atoms with Gasteiger partial charge in [-0.25, -0.2) is 9.67 Å². The van der Waals surface area contributed by atoms with Crippen molar-refractivity contribution in [3.8, 4) is 34.3 Å². The lowest BCUT2D eigenvalue weighted by atomic mass is 10.2. The number of aryl methyl sites for hydroxylation is 2. The number of nitrogens with one attached hydrogen (secondary N) is 2. The van der Waals surface area contributed by atoms with Gasteiger partial charge in [0, 0.05) is 32.1 Å². The Bertz CT molecular complexity index is 909. The van der Waals surface area contributed by atoms with Gasteiger partial charge in [0.1, 0.15) is 11.4 Å². The fourth-order valence-electron chi connectivity index (χ4n) is 2.25. The molecule has 0 saturated carbocycles. The first-order valence-corrected chi connectivity index (χ1v) is 6.66. The van der Waals surface area contributed by atoms with Crippen LogP contribution in [0.1, 0.15) is 0 Å².